The molecule has 6 nitrogen and oxygen atoms in total. The first kappa shape index (κ1) is 15.4. The highest BCUT2D eigenvalue weighted by Crippen LogP contribution is 2.18. The Hall–Kier alpha value is -2.47. The second kappa shape index (κ2) is 6.75. The molecule has 3 rings (SSSR count). The van der Waals surface area contributed by atoms with E-state index in [2.05, 4.69) is 9.97 Å². The van der Waals surface area contributed by atoms with E-state index in [1.807, 2.05) is 37.3 Å². The second-order valence-corrected chi connectivity index (χ2v) is 5.41. The van der Waals surface area contributed by atoms with Gasteiger partial charge in [0.05, 0.1) is 12.2 Å². The molecule has 1 amide bonds. The van der Waals surface area contributed by atoms with Crippen LogP contribution in [0.15, 0.2) is 35.1 Å². The van der Waals surface area contributed by atoms with Crippen LogP contribution in [0.25, 0.3) is 11.4 Å². The summed E-state index contributed by atoms with van der Waals surface area (Å²) in [5, 5.41) is 0. The highest BCUT2D eigenvalue weighted by Gasteiger charge is 2.24. The van der Waals surface area contributed by atoms with Crippen LogP contribution in [-0.2, 0) is 22.5 Å². The SMILES string of the molecule is CCOCC(=O)N1CCc2c(nc(-c3ccccc3)[nH]c2=O)C1. The molecule has 0 atom stereocenters. The number of hydrogen-bond donors (Lipinski definition) is 1. The molecule has 0 bridgehead atoms. The molecule has 120 valence electrons. The fourth-order valence-corrected chi connectivity index (χ4v) is 2.67. The summed E-state index contributed by atoms with van der Waals surface area (Å²) in [7, 11) is 0. The Bertz CT molecular complexity index is 755. The van der Waals surface area contributed by atoms with Crippen LogP contribution in [0.5, 0.6) is 0 Å². The first-order valence-electron chi connectivity index (χ1n) is 7.72. The molecule has 23 heavy (non-hydrogen) atoms. The van der Waals surface area contributed by atoms with Crippen molar-refractivity contribution in [3.8, 4) is 11.4 Å². The third kappa shape index (κ3) is 3.32. The van der Waals surface area contributed by atoms with Crippen LogP contribution in [0.4, 0.5) is 0 Å². The predicted molar refractivity (Wildman–Crippen MR) is 85.9 cm³/mol. The van der Waals surface area contributed by atoms with Crippen molar-refractivity contribution in [3.63, 3.8) is 0 Å². The zero-order valence-electron chi connectivity index (χ0n) is 13.0. The molecule has 0 saturated carbocycles. The van der Waals surface area contributed by atoms with E-state index in [0.29, 0.717) is 43.2 Å². The lowest BCUT2D eigenvalue weighted by atomic mass is 10.1. The topological polar surface area (TPSA) is 75.3 Å². The molecule has 0 aliphatic carbocycles. The monoisotopic (exact) mass is 313 g/mol. The van der Waals surface area contributed by atoms with Crippen molar-refractivity contribution >= 4 is 5.91 Å². The number of benzene rings is 1. The standard InChI is InChI=1S/C17H19N3O3/c1-2-23-11-15(21)20-9-8-13-14(10-20)18-16(19-17(13)22)12-6-4-3-5-7-12/h3-7H,2,8-11H2,1H3,(H,18,19,22). The zero-order chi connectivity index (χ0) is 16.2. The van der Waals surface area contributed by atoms with Crippen LogP contribution in [0, 0.1) is 0 Å². The second-order valence-electron chi connectivity index (χ2n) is 5.41. The highest BCUT2D eigenvalue weighted by molar-refractivity contribution is 5.77. The molecular weight excluding hydrogens is 294 g/mol. The zero-order valence-corrected chi connectivity index (χ0v) is 13.0. The molecule has 1 aliphatic rings. The van der Waals surface area contributed by atoms with Crippen molar-refractivity contribution in [2.45, 2.75) is 19.9 Å². The van der Waals surface area contributed by atoms with Gasteiger partial charge in [0.1, 0.15) is 12.4 Å². The van der Waals surface area contributed by atoms with Crippen LogP contribution in [0.2, 0.25) is 0 Å². The number of nitrogens with one attached hydrogen (secondary N) is 1. The van der Waals surface area contributed by atoms with Gasteiger partial charge in [-0.05, 0) is 13.3 Å². The van der Waals surface area contributed by atoms with E-state index in [1.165, 1.54) is 0 Å². The maximum absolute atomic E-state index is 12.3. The Morgan fingerprint density at radius 1 is 1.35 bits per heavy atom. The Balaban J connectivity index is 1.88. The first-order valence-corrected chi connectivity index (χ1v) is 7.72. The Kier molecular flexibility index (Phi) is 4.52. The van der Waals surface area contributed by atoms with E-state index in [4.69, 9.17) is 4.74 Å². The van der Waals surface area contributed by atoms with E-state index in [-0.39, 0.29) is 18.1 Å². The molecule has 2 heterocycles. The number of hydrogen-bond acceptors (Lipinski definition) is 4. The predicted octanol–water partition coefficient (Wildman–Crippen LogP) is 1.36. The Morgan fingerprint density at radius 3 is 2.87 bits per heavy atom. The summed E-state index contributed by atoms with van der Waals surface area (Å²) in [5.74, 6) is 0.467. The number of ether oxygens (including phenoxy) is 1. The number of H-pyrrole nitrogens is 1. The summed E-state index contributed by atoms with van der Waals surface area (Å²) in [5.41, 5.74) is 2.07. The van der Waals surface area contributed by atoms with Gasteiger partial charge in [0.15, 0.2) is 0 Å². The number of rotatable bonds is 4. The number of aromatic amines is 1. The average molecular weight is 313 g/mol. The van der Waals surface area contributed by atoms with Gasteiger partial charge < -0.3 is 14.6 Å². The van der Waals surface area contributed by atoms with Gasteiger partial charge >= 0.3 is 0 Å². The number of nitrogens with zero attached hydrogens (tertiary/aromatic N) is 2. The first-order chi connectivity index (χ1) is 11.2. The van der Waals surface area contributed by atoms with Crippen LogP contribution in [0.1, 0.15) is 18.2 Å². The van der Waals surface area contributed by atoms with Crippen LogP contribution in [0.3, 0.4) is 0 Å². The minimum absolute atomic E-state index is 0.0687. The molecule has 1 aliphatic heterocycles. The fraction of sp³-hybridized carbons (Fsp3) is 0.353. The van der Waals surface area contributed by atoms with Gasteiger partial charge in [-0.25, -0.2) is 4.98 Å². The third-order valence-electron chi connectivity index (χ3n) is 3.90. The lowest BCUT2D eigenvalue weighted by molar-refractivity contribution is -0.137. The van der Waals surface area contributed by atoms with Gasteiger partial charge in [0.2, 0.25) is 5.91 Å². The van der Waals surface area contributed by atoms with E-state index in [0.717, 1.165) is 5.56 Å². The normalized spacial score (nSPS) is 13.7. The van der Waals surface area contributed by atoms with Crippen molar-refractivity contribution in [1.82, 2.24) is 14.9 Å². The van der Waals surface area contributed by atoms with E-state index < -0.39 is 0 Å². The summed E-state index contributed by atoms with van der Waals surface area (Å²) >= 11 is 0. The van der Waals surface area contributed by atoms with Crippen LogP contribution < -0.4 is 5.56 Å². The molecule has 0 spiro atoms. The van der Waals surface area contributed by atoms with Gasteiger partial charge in [-0.15, -0.1) is 0 Å². The third-order valence-corrected chi connectivity index (χ3v) is 3.90. The van der Waals surface area contributed by atoms with Crippen molar-refractivity contribution in [3.05, 3.63) is 51.9 Å². The molecule has 2 aromatic rings. The van der Waals surface area contributed by atoms with Gasteiger partial charge in [0, 0.05) is 24.3 Å². The summed E-state index contributed by atoms with van der Waals surface area (Å²) in [6.07, 6.45) is 0.518. The van der Waals surface area contributed by atoms with Gasteiger partial charge in [0.25, 0.3) is 5.56 Å². The molecule has 1 aromatic carbocycles. The molecule has 1 N–H and O–H groups in total. The Morgan fingerprint density at radius 2 is 2.13 bits per heavy atom. The number of aromatic nitrogens is 2. The lowest BCUT2D eigenvalue weighted by Gasteiger charge is -2.27. The minimum atomic E-state index is -0.120. The summed E-state index contributed by atoms with van der Waals surface area (Å²) in [6.45, 7) is 3.30. The summed E-state index contributed by atoms with van der Waals surface area (Å²) in [6, 6.07) is 9.49. The fourth-order valence-electron chi connectivity index (χ4n) is 2.67. The van der Waals surface area contributed by atoms with Crippen molar-refractivity contribution in [2.75, 3.05) is 19.8 Å². The smallest absolute Gasteiger partial charge is 0.254 e. The number of carbonyl (C=O) groups is 1. The maximum Gasteiger partial charge on any atom is 0.254 e. The van der Waals surface area contributed by atoms with Gasteiger partial charge in [-0.2, -0.15) is 0 Å². The van der Waals surface area contributed by atoms with Crippen molar-refractivity contribution in [1.29, 1.82) is 0 Å². The van der Waals surface area contributed by atoms with Crippen LogP contribution in [-0.4, -0.2) is 40.5 Å². The minimum Gasteiger partial charge on any atom is -0.372 e. The van der Waals surface area contributed by atoms with Gasteiger partial charge in [-0.3, -0.25) is 9.59 Å². The summed E-state index contributed by atoms with van der Waals surface area (Å²) in [4.78, 5) is 33.5. The lowest BCUT2D eigenvalue weighted by Crippen LogP contribution is -2.40. The number of fused-ring (bicyclic) bond motifs is 1. The Labute approximate surface area is 134 Å². The van der Waals surface area contributed by atoms with E-state index in [1.54, 1.807) is 4.90 Å². The van der Waals surface area contributed by atoms with Crippen LogP contribution >= 0.6 is 0 Å². The molecule has 0 saturated heterocycles. The van der Waals surface area contributed by atoms with Gasteiger partial charge in [-0.1, -0.05) is 30.3 Å². The maximum atomic E-state index is 12.3. The molecule has 0 radical (unpaired) electrons. The quantitative estimate of drug-likeness (QED) is 0.925. The molecule has 6 heteroatoms. The average Bonchev–Trinajstić information content (AvgIpc) is 2.59. The van der Waals surface area contributed by atoms with Crippen molar-refractivity contribution < 1.29 is 9.53 Å². The number of amides is 1. The highest BCUT2D eigenvalue weighted by atomic mass is 16.5. The molecule has 0 unspecified atom stereocenters. The molecule has 1 aromatic heterocycles. The summed E-state index contributed by atoms with van der Waals surface area (Å²) < 4.78 is 5.17. The van der Waals surface area contributed by atoms with E-state index in [9.17, 15) is 9.59 Å². The van der Waals surface area contributed by atoms with E-state index >= 15 is 0 Å². The molecular formula is C17H19N3O3. The largest absolute Gasteiger partial charge is 0.372 e. The number of carbonyl (C=O) groups excluding carboxylic acids is 1. The molecule has 0 fully saturated rings. The van der Waals surface area contributed by atoms with Crippen molar-refractivity contribution in [2.24, 2.45) is 0 Å².